The largest absolute Gasteiger partial charge is 0.383 e. The number of hydrogen-bond donors (Lipinski definition) is 1. The van der Waals surface area contributed by atoms with Gasteiger partial charge >= 0.3 is 0 Å². The highest BCUT2D eigenvalue weighted by Crippen LogP contribution is 2.46. The monoisotopic (exact) mass is 296 g/mol. The van der Waals surface area contributed by atoms with Crippen molar-refractivity contribution in [2.45, 2.75) is 39.5 Å². The van der Waals surface area contributed by atoms with Gasteiger partial charge in [-0.25, -0.2) is 9.97 Å². The van der Waals surface area contributed by atoms with E-state index in [0.29, 0.717) is 5.82 Å². The molecule has 1 aromatic heterocycles. The topological polar surface area (TPSA) is 55.0 Å². The highest BCUT2D eigenvalue weighted by molar-refractivity contribution is 5.80. The van der Waals surface area contributed by atoms with Crippen LogP contribution in [0.1, 0.15) is 38.8 Å². The van der Waals surface area contributed by atoms with Crippen molar-refractivity contribution in [2.75, 3.05) is 23.7 Å². The summed E-state index contributed by atoms with van der Waals surface area (Å²) in [5.41, 5.74) is 12.1. The summed E-state index contributed by atoms with van der Waals surface area (Å²) in [4.78, 5) is 11.2. The summed E-state index contributed by atoms with van der Waals surface area (Å²) in [6, 6.07) is 6.49. The Hall–Kier alpha value is -2.10. The van der Waals surface area contributed by atoms with Gasteiger partial charge in [0.2, 0.25) is 0 Å². The highest BCUT2D eigenvalue weighted by Gasteiger charge is 2.35. The molecule has 2 aromatic rings. The van der Waals surface area contributed by atoms with Crippen molar-refractivity contribution < 1.29 is 0 Å². The molecule has 1 heterocycles. The van der Waals surface area contributed by atoms with E-state index in [1.165, 1.54) is 16.8 Å². The molecule has 4 nitrogen and oxygen atoms in total. The van der Waals surface area contributed by atoms with E-state index in [2.05, 4.69) is 60.8 Å². The summed E-state index contributed by atoms with van der Waals surface area (Å²) in [5, 5.41) is 0. The zero-order valence-electron chi connectivity index (χ0n) is 13.8. The van der Waals surface area contributed by atoms with E-state index < -0.39 is 0 Å². The summed E-state index contributed by atoms with van der Waals surface area (Å²) < 4.78 is 0. The minimum atomic E-state index is -0.0586. The number of fused-ring (bicyclic) bond motifs is 3. The van der Waals surface area contributed by atoms with Crippen LogP contribution in [0.5, 0.6) is 0 Å². The van der Waals surface area contributed by atoms with E-state index in [4.69, 9.17) is 5.73 Å². The average Bonchev–Trinajstić information content (AvgIpc) is 2.48. The van der Waals surface area contributed by atoms with Crippen LogP contribution in [0, 0.1) is 0 Å². The Labute approximate surface area is 132 Å². The molecular formula is C18H24N4. The molecule has 0 spiro atoms. The van der Waals surface area contributed by atoms with E-state index in [1.54, 1.807) is 6.33 Å². The SMILES string of the molecule is CCN(CC)c1cccc2c1CC(C)(C)c1c(N)ncnc1-2. The zero-order chi connectivity index (χ0) is 15.9. The lowest BCUT2D eigenvalue weighted by atomic mass is 9.71. The van der Waals surface area contributed by atoms with Crippen molar-refractivity contribution in [2.24, 2.45) is 0 Å². The van der Waals surface area contributed by atoms with Crippen molar-refractivity contribution in [3.63, 3.8) is 0 Å². The second kappa shape index (κ2) is 5.27. The van der Waals surface area contributed by atoms with Gasteiger partial charge in [-0.15, -0.1) is 0 Å². The molecule has 0 atom stereocenters. The maximum absolute atomic E-state index is 6.16. The molecule has 0 fully saturated rings. The van der Waals surface area contributed by atoms with Crippen LogP contribution in [0.4, 0.5) is 11.5 Å². The lowest BCUT2D eigenvalue weighted by Gasteiger charge is -2.36. The van der Waals surface area contributed by atoms with E-state index in [1.807, 2.05) is 0 Å². The Bertz CT molecular complexity index is 702. The number of benzene rings is 1. The Morgan fingerprint density at radius 1 is 1.18 bits per heavy atom. The van der Waals surface area contributed by atoms with Gasteiger partial charge in [0.05, 0.1) is 5.69 Å². The minimum absolute atomic E-state index is 0.0586. The van der Waals surface area contributed by atoms with Gasteiger partial charge in [0.1, 0.15) is 12.1 Å². The molecule has 0 radical (unpaired) electrons. The number of aromatic nitrogens is 2. The lowest BCUT2D eigenvalue weighted by molar-refractivity contribution is 0.514. The van der Waals surface area contributed by atoms with Crippen LogP contribution in [0.2, 0.25) is 0 Å². The van der Waals surface area contributed by atoms with Crippen LogP contribution < -0.4 is 10.6 Å². The van der Waals surface area contributed by atoms with Gasteiger partial charge in [-0.2, -0.15) is 0 Å². The van der Waals surface area contributed by atoms with Crippen LogP contribution in [0.3, 0.4) is 0 Å². The minimum Gasteiger partial charge on any atom is -0.383 e. The molecule has 116 valence electrons. The third-order valence-electron chi connectivity index (χ3n) is 4.68. The van der Waals surface area contributed by atoms with Gasteiger partial charge in [0, 0.05) is 29.9 Å². The van der Waals surface area contributed by atoms with Gasteiger partial charge in [-0.3, -0.25) is 0 Å². The molecule has 1 aromatic carbocycles. The normalized spacial score (nSPS) is 15.1. The fourth-order valence-corrected chi connectivity index (χ4v) is 3.64. The molecule has 3 rings (SSSR count). The first-order valence-corrected chi connectivity index (χ1v) is 7.97. The summed E-state index contributed by atoms with van der Waals surface area (Å²) >= 11 is 0. The van der Waals surface area contributed by atoms with Gasteiger partial charge in [-0.1, -0.05) is 26.0 Å². The number of nitrogens with two attached hydrogens (primary N) is 1. The fraction of sp³-hybridized carbons (Fsp3) is 0.444. The number of hydrogen-bond acceptors (Lipinski definition) is 4. The Balaban J connectivity index is 2.28. The summed E-state index contributed by atoms with van der Waals surface area (Å²) in [7, 11) is 0. The fourth-order valence-electron chi connectivity index (χ4n) is 3.64. The number of anilines is 2. The van der Waals surface area contributed by atoms with Gasteiger partial charge in [0.25, 0.3) is 0 Å². The number of rotatable bonds is 3. The van der Waals surface area contributed by atoms with Crippen LogP contribution >= 0.6 is 0 Å². The third kappa shape index (κ3) is 2.14. The maximum atomic E-state index is 6.16. The number of nitrogen functional groups attached to an aromatic ring is 1. The Morgan fingerprint density at radius 3 is 2.59 bits per heavy atom. The molecule has 22 heavy (non-hydrogen) atoms. The van der Waals surface area contributed by atoms with Gasteiger partial charge in [0.15, 0.2) is 0 Å². The van der Waals surface area contributed by atoms with Crippen molar-refractivity contribution in [3.05, 3.63) is 35.7 Å². The smallest absolute Gasteiger partial charge is 0.131 e. The molecule has 0 amide bonds. The summed E-state index contributed by atoms with van der Waals surface area (Å²) in [5.74, 6) is 0.605. The van der Waals surface area contributed by atoms with Crippen molar-refractivity contribution >= 4 is 11.5 Å². The van der Waals surface area contributed by atoms with Crippen LogP contribution in [0.25, 0.3) is 11.3 Å². The second-order valence-electron chi connectivity index (χ2n) is 6.52. The zero-order valence-corrected chi connectivity index (χ0v) is 13.8. The molecule has 1 aliphatic rings. The quantitative estimate of drug-likeness (QED) is 0.943. The maximum Gasteiger partial charge on any atom is 0.131 e. The van der Waals surface area contributed by atoms with E-state index in [-0.39, 0.29) is 5.41 Å². The molecule has 0 bridgehead atoms. The summed E-state index contributed by atoms with van der Waals surface area (Å²) in [6.45, 7) is 10.9. The highest BCUT2D eigenvalue weighted by atomic mass is 15.1. The molecule has 0 unspecified atom stereocenters. The molecular weight excluding hydrogens is 272 g/mol. The predicted octanol–water partition coefficient (Wildman–Crippen LogP) is 3.41. The van der Waals surface area contributed by atoms with Crippen LogP contribution in [0.15, 0.2) is 24.5 Å². The van der Waals surface area contributed by atoms with Crippen LogP contribution in [-0.4, -0.2) is 23.1 Å². The predicted molar refractivity (Wildman–Crippen MR) is 92.2 cm³/mol. The molecule has 0 saturated heterocycles. The lowest BCUT2D eigenvalue weighted by Crippen LogP contribution is -2.31. The summed E-state index contributed by atoms with van der Waals surface area (Å²) in [6.07, 6.45) is 2.53. The standard InChI is InChI=1S/C18H24N4/c1-5-22(6-2)14-9-7-8-12-13(14)10-18(3,4)15-16(12)20-11-21-17(15)19/h7-9,11H,5-6,10H2,1-4H3,(H2,19,20,21). The van der Waals surface area contributed by atoms with Crippen molar-refractivity contribution in [1.29, 1.82) is 0 Å². The molecule has 1 aliphatic carbocycles. The molecule has 0 aliphatic heterocycles. The molecule has 2 N–H and O–H groups in total. The third-order valence-corrected chi connectivity index (χ3v) is 4.68. The van der Waals surface area contributed by atoms with E-state index in [9.17, 15) is 0 Å². The second-order valence-corrected chi connectivity index (χ2v) is 6.52. The van der Waals surface area contributed by atoms with Crippen molar-refractivity contribution in [1.82, 2.24) is 9.97 Å². The average molecular weight is 296 g/mol. The Kier molecular flexibility index (Phi) is 3.55. The van der Waals surface area contributed by atoms with E-state index >= 15 is 0 Å². The molecule has 4 heteroatoms. The Morgan fingerprint density at radius 2 is 1.91 bits per heavy atom. The molecule has 0 saturated carbocycles. The number of nitrogens with zero attached hydrogens (tertiary/aromatic N) is 3. The van der Waals surface area contributed by atoms with E-state index in [0.717, 1.165) is 30.8 Å². The first-order chi connectivity index (χ1) is 10.5. The van der Waals surface area contributed by atoms with Gasteiger partial charge < -0.3 is 10.6 Å². The van der Waals surface area contributed by atoms with Crippen LogP contribution in [-0.2, 0) is 11.8 Å². The first kappa shape index (κ1) is 14.8. The van der Waals surface area contributed by atoms with Gasteiger partial charge in [-0.05, 0) is 37.3 Å². The first-order valence-electron chi connectivity index (χ1n) is 7.97. The van der Waals surface area contributed by atoms with Crippen molar-refractivity contribution in [3.8, 4) is 11.3 Å².